The predicted molar refractivity (Wildman–Crippen MR) is 82.9 cm³/mol. The lowest BCUT2D eigenvalue weighted by Crippen LogP contribution is -2.21. The first kappa shape index (κ1) is 14.5. The molecule has 1 unspecified atom stereocenters. The summed E-state index contributed by atoms with van der Waals surface area (Å²) in [4.78, 5) is 1.85. The van der Waals surface area contributed by atoms with Crippen molar-refractivity contribution in [3.8, 4) is 0 Å². The number of anilines is 2. The van der Waals surface area contributed by atoms with Crippen LogP contribution in [0.1, 0.15) is 18.9 Å². The van der Waals surface area contributed by atoms with Gasteiger partial charge in [0.25, 0.3) is 0 Å². The van der Waals surface area contributed by atoms with Crippen molar-refractivity contribution in [2.24, 2.45) is 5.73 Å². The van der Waals surface area contributed by atoms with Gasteiger partial charge in [-0.15, -0.1) is 0 Å². The standard InChI is InChI=1S/C17H21FN2/c1-3-14(19)12-13-8-10-15(11-9-13)20(2)17-7-5-4-6-16(17)18/h4-11,14H,3,12,19H2,1-2H3. The maximum absolute atomic E-state index is 13.8. The van der Waals surface area contributed by atoms with Crippen molar-refractivity contribution in [2.45, 2.75) is 25.8 Å². The van der Waals surface area contributed by atoms with E-state index in [9.17, 15) is 4.39 Å². The van der Waals surface area contributed by atoms with Gasteiger partial charge < -0.3 is 10.6 Å². The summed E-state index contributed by atoms with van der Waals surface area (Å²) < 4.78 is 13.8. The van der Waals surface area contributed by atoms with E-state index in [4.69, 9.17) is 5.73 Å². The van der Waals surface area contributed by atoms with E-state index in [1.54, 1.807) is 12.1 Å². The molecule has 0 saturated heterocycles. The van der Waals surface area contributed by atoms with Gasteiger partial charge in [0, 0.05) is 18.8 Å². The quantitative estimate of drug-likeness (QED) is 0.895. The first-order valence-corrected chi connectivity index (χ1v) is 6.94. The summed E-state index contributed by atoms with van der Waals surface area (Å²) >= 11 is 0. The first-order chi connectivity index (χ1) is 9.61. The van der Waals surface area contributed by atoms with E-state index in [0.29, 0.717) is 5.69 Å². The molecule has 20 heavy (non-hydrogen) atoms. The Bertz CT molecular complexity index is 551. The molecular formula is C17H21FN2. The van der Waals surface area contributed by atoms with Crippen LogP contribution < -0.4 is 10.6 Å². The Balaban J connectivity index is 2.16. The van der Waals surface area contributed by atoms with E-state index in [1.165, 1.54) is 11.6 Å². The van der Waals surface area contributed by atoms with Gasteiger partial charge in [0.15, 0.2) is 0 Å². The minimum Gasteiger partial charge on any atom is -0.342 e. The third-order valence-corrected chi connectivity index (χ3v) is 3.56. The highest BCUT2D eigenvalue weighted by molar-refractivity contribution is 5.63. The molecule has 2 nitrogen and oxygen atoms in total. The number of nitrogens with two attached hydrogens (primary N) is 1. The molecule has 0 aliphatic carbocycles. The molecule has 0 heterocycles. The van der Waals surface area contributed by atoms with Crippen LogP contribution >= 0.6 is 0 Å². The van der Waals surface area contributed by atoms with Crippen LogP contribution in [0.5, 0.6) is 0 Å². The van der Waals surface area contributed by atoms with Crippen LogP contribution in [-0.2, 0) is 6.42 Å². The van der Waals surface area contributed by atoms with Crippen molar-refractivity contribution >= 4 is 11.4 Å². The highest BCUT2D eigenvalue weighted by Gasteiger charge is 2.09. The van der Waals surface area contributed by atoms with Crippen LogP contribution in [-0.4, -0.2) is 13.1 Å². The molecule has 0 radical (unpaired) electrons. The Hall–Kier alpha value is -1.87. The minimum absolute atomic E-state index is 0.199. The molecule has 2 aromatic rings. The maximum atomic E-state index is 13.8. The van der Waals surface area contributed by atoms with Crippen molar-refractivity contribution in [1.82, 2.24) is 0 Å². The normalized spacial score (nSPS) is 12.2. The molecular weight excluding hydrogens is 251 g/mol. The van der Waals surface area contributed by atoms with Crippen LogP contribution in [0, 0.1) is 5.82 Å². The van der Waals surface area contributed by atoms with Crippen molar-refractivity contribution in [1.29, 1.82) is 0 Å². The number of hydrogen-bond acceptors (Lipinski definition) is 2. The number of nitrogens with zero attached hydrogens (tertiary/aromatic N) is 1. The average Bonchev–Trinajstić information content (AvgIpc) is 2.47. The highest BCUT2D eigenvalue weighted by atomic mass is 19.1. The SMILES string of the molecule is CCC(N)Cc1ccc(N(C)c2ccccc2F)cc1. The molecule has 0 amide bonds. The van der Waals surface area contributed by atoms with E-state index in [-0.39, 0.29) is 11.9 Å². The molecule has 0 spiro atoms. The Morgan fingerprint density at radius 3 is 2.35 bits per heavy atom. The number of benzene rings is 2. The van der Waals surface area contributed by atoms with Gasteiger partial charge >= 0.3 is 0 Å². The molecule has 0 aromatic heterocycles. The van der Waals surface area contributed by atoms with Gasteiger partial charge in [-0.05, 0) is 42.7 Å². The topological polar surface area (TPSA) is 29.3 Å². The van der Waals surface area contributed by atoms with Crippen molar-refractivity contribution in [2.75, 3.05) is 11.9 Å². The van der Waals surface area contributed by atoms with E-state index in [0.717, 1.165) is 18.5 Å². The lowest BCUT2D eigenvalue weighted by Gasteiger charge is -2.20. The average molecular weight is 272 g/mol. The molecule has 106 valence electrons. The van der Waals surface area contributed by atoms with Gasteiger partial charge in [-0.1, -0.05) is 31.2 Å². The molecule has 0 aliphatic heterocycles. The summed E-state index contributed by atoms with van der Waals surface area (Å²) in [6.45, 7) is 2.09. The van der Waals surface area contributed by atoms with Crippen molar-refractivity contribution in [3.63, 3.8) is 0 Å². The fourth-order valence-electron chi connectivity index (χ4n) is 2.17. The minimum atomic E-state index is -0.216. The molecule has 2 rings (SSSR count). The second-order valence-electron chi connectivity index (χ2n) is 5.05. The summed E-state index contributed by atoms with van der Waals surface area (Å²) in [6.07, 6.45) is 1.84. The molecule has 0 aliphatic rings. The van der Waals surface area contributed by atoms with Gasteiger partial charge in [0.2, 0.25) is 0 Å². The third kappa shape index (κ3) is 3.36. The molecule has 2 N–H and O–H groups in total. The second kappa shape index (κ2) is 6.53. The molecule has 1 atom stereocenters. The van der Waals surface area contributed by atoms with Crippen LogP contribution in [0.2, 0.25) is 0 Å². The summed E-state index contributed by atoms with van der Waals surface area (Å²) in [5, 5.41) is 0. The summed E-state index contributed by atoms with van der Waals surface area (Å²) in [6, 6.07) is 15.1. The van der Waals surface area contributed by atoms with Crippen LogP contribution in [0.3, 0.4) is 0 Å². The Morgan fingerprint density at radius 2 is 1.75 bits per heavy atom. The largest absolute Gasteiger partial charge is 0.342 e. The van der Waals surface area contributed by atoms with Crippen molar-refractivity contribution in [3.05, 3.63) is 59.9 Å². The van der Waals surface area contributed by atoms with Gasteiger partial charge in [0.05, 0.1) is 5.69 Å². The molecule has 0 fully saturated rings. The maximum Gasteiger partial charge on any atom is 0.146 e. The molecule has 0 saturated carbocycles. The van der Waals surface area contributed by atoms with Gasteiger partial charge in [-0.2, -0.15) is 0 Å². The lowest BCUT2D eigenvalue weighted by molar-refractivity contribution is 0.627. The van der Waals surface area contributed by atoms with Crippen molar-refractivity contribution < 1.29 is 4.39 Å². The monoisotopic (exact) mass is 272 g/mol. The van der Waals surface area contributed by atoms with E-state index >= 15 is 0 Å². The fraction of sp³-hybridized carbons (Fsp3) is 0.294. The molecule has 3 heteroatoms. The number of para-hydroxylation sites is 1. The first-order valence-electron chi connectivity index (χ1n) is 6.94. The highest BCUT2D eigenvalue weighted by Crippen LogP contribution is 2.26. The van der Waals surface area contributed by atoms with E-state index in [2.05, 4.69) is 19.1 Å². The van der Waals surface area contributed by atoms with Gasteiger partial charge in [-0.3, -0.25) is 0 Å². The summed E-state index contributed by atoms with van der Waals surface area (Å²) in [5.74, 6) is -0.216. The van der Waals surface area contributed by atoms with E-state index < -0.39 is 0 Å². The Kier molecular flexibility index (Phi) is 4.74. The zero-order valence-corrected chi connectivity index (χ0v) is 12.0. The van der Waals surface area contributed by atoms with Crippen LogP contribution in [0.4, 0.5) is 15.8 Å². The summed E-state index contributed by atoms with van der Waals surface area (Å²) in [5.41, 5.74) is 8.70. The smallest absolute Gasteiger partial charge is 0.146 e. The predicted octanol–water partition coefficient (Wildman–Crippen LogP) is 3.87. The number of halogens is 1. The lowest BCUT2D eigenvalue weighted by atomic mass is 10.0. The van der Waals surface area contributed by atoms with E-state index in [1.807, 2.05) is 30.1 Å². The fourth-order valence-corrected chi connectivity index (χ4v) is 2.17. The molecule has 2 aromatic carbocycles. The zero-order chi connectivity index (χ0) is 14.5. The Labute approximate surface area is 120 Å². The van der Waals surface area contributed by atoms with Crippen LogP contribution in [0.25, 0.3) is 0 Å². The summed E-state index contributed by atoms with van der Waals surface area (Å²) in [7, 11) is 1.87. The number of rotatable bonds is 5. The van der Waals surface area contributed by atoms with Gasteiger partial charge in [-0.25, -0.2) is 4.39 Å². The number of hydrogen-bond donors (Lipinski definition) is 1. The second-order valence-corrected chi connectivity index (χ2v) is 5.05. The Morgan fingerprint density at radius 1 is 1.10 bits per heavy atom. The van der Waals surface area contributed by atoms with Crippen LogP contribution in [0.15, 0.2) is 48.5 Å². The third-order valence-electron chi connectivity index (χ3n) is 3.56. The van der Waals surface area contributed by atoms with Gasteiger partial charge in [0.1, 0.15) is 5.82 Å². The zero-order valence-electron chi connectivity index (χ0n) is 12.0. The molecule has 0 bridgehead atoms.